The van der Waals surface area contributed by atoms with Gasteiger partial charge in [0.15, 0.2) is 0 Å². The molecule has 2 aromatic heterocycles. The summed E-state index contributed by atoms with van der Waals surface area (Å²) in [5, 5.41) is 0.566. The molecule has 1 N–H and O–H groups in total. The maximum absolute atomic E-state index is 8.64. The molecule has 122 valence electrons. The average Bonchev–Trinajstić information content (AvgIpc) is 3.47. The van der Waals surface area contributed by atoms with E-state index in [9.17, 15) is 0 Å². The van der Waals surface area contributed by atoms with Gasteiger partial charge in [0.25, 0.3) is 0 Å². The zero-order valence-electron chi connectivity index (χ0n) is 25.2. The lowest BCUT2D eigenvalue weighted by molar-refractivity contribution is 1.19. The van der Waals surface area contributed by atoms with Gasteiger partial charge < -0.3 is 9.55 Å². The predicted molar refractivity (Wildman–Crippen MR) is 110 cm³/mol. The van der Waals surface area contributed by atoms with Crippen molar-refractivity contribution in [3.8, 4) is 5.69 Å². The number of rotatable bonds is 1. The lowest BCUT2D eigenvalue weighted by Crippen LogP contribution is -1.93. The molecule has 0 radical (unpaired) electrons. The van der Waals surface area contributed by atoms with E-state index in [0.717, 1.165) is 0 Å². The van der Waals surface area contributed by atoms with Crippen LogP contribution in [0.1, 0.15) is 16.4 Å². The first-order valence-corrected chi connectivity index (χ1v) is 7.91. The van der Waals surface area contributed by atoms with E-state index in [1.54, 1.807) is 18.2 Å². The van der Waals surface area contributed by atoms with E-state index in [-0.39, 0.29) is 50.8 Å². The Morgan fingerprint density at radius 1 is 0.615 bits per heavy atom. The molecule has 0 spiro atoms. The van der Waals surface area contributed by atoms with Crippen LogP contribution in [0.5, 0.6) is 0 Å². The molecule has 2 heteroatoms. The molecule has 0 amide bonds. The van der Waals surface area contributed by atoms with Crippen LogP contribution in [-0.2, 0) is 0 Å². The molecule has 0 aliphatic heterocycles. The summed E-state index contributed by atoms with van der Waals surface area (Å²) in [4.78, 5) is 3.01. The van der Waals surface area contributed by atoms with Gasteiger partial charge in [0.05, 0.1) is 27.5 Å². The SMILES string of the molecule is [2H]c1c([2H])c([2H])c2c([nH]c3ccc(-n4c5c([2H])c([2H])c([2H])c([2H])c5c5c([2H])c([2H])c([2H])c([2H])c54)cc32)c1[2H]. The fourth-order valence-electron chi connectivity index (χ4n) is 3.41. The molecule has 0 saturated carbocycles. The van der Waals surface area contributed by atoms with E-state index in [4.69, 9.17) is 16.4 Å². The fraction of sp³-hybridized carbons (Fsp3) is 0. The van der Waals surface area contributed by atoms with Gasteiger partial charge in [-0.2, -0.15) is 0 Å². The minimum absolute atomic E-state index is 0.0286. The maximum atomic E-state index is 8.64. The molecule has 0 saturated heterocycles. The lowest BCUT2D eigenvalue weighted by Gasteiger charge is -2.08. The Morgan fingerprint density at radius 3 is 1.96 bits per heavy atom. The number of para-hydroxylation sites is 3. The number of benzene rings is 4. The number of H-pyrrole nitrogens is 1. The zero-order chi connectivity index (χ0) is 27.5. The fourth-order valence-corrected chi connectivity index (χ4v) is 3.41. The standard InChI is InChI=1S/C24H16N2/c1-4-10-21-17(7-1)20-15-16(13-14-22(20)25-21)26-23-11-5-2-8-18(23)19-9-3-6-12-24(19)26/h1-15,25H/i1D,2D,3D,4D,5D,6D,7D,8D,9D,10D,11D,12D. The van der Waals surface area contributed by atoms with Crippen LogP contribution in [0.2, 0.25) is 0 Å². The predicted octanol–water partition coefficient (Wildman–Crippen LogP) is 6.42. The van der Waals surface area contributed by atoms with Crippen LogP contribution >= 0.6 is 0 Å². The maximum Gasteiger partial charge on any atom is 0.0645 e. The molecule has 0 aliphatic rings. The molecule has 26 heavy (non-hydrogen) atoms. The van der Waals surface area contributed by atoms with E-state index in [1.165, 1.54) is 4.57 Å². The molecule has 0 bridgehead atoms. The monoisotopic (exact) mass is 344 g/mol. The number of hydrogen-bond donors (Lipinski definition) is 1. The number of aromatic nitrogens is 2. The summed E-state index contributed by atoms with van der Waals surface area (Å²) in [5.74, 6) is 0. The summed E-state index contributed by atoms with van der Waals surface area (Å²) in [5.41, 5.74) is 0.939. The number of aromatic amines is 1. The third-order valence-corrected chi connectivity index (χ3v) is 4.51. The number of fused-ring (bicyclic) bond motifs is 6. The largest absolute Gasteiger partial charge is 0.355 e. The molecule has 6 rings (SSSR count). The molecule has 0 unspecified atom stereocenters. The quantitative estimate of drug-likeness (QED) is 0.355. The molecule has 0 atom stereocenters. The van der Waals surface area contributed by atoms with Crippen molar-refractivity contribution in [3.05, 3.63) is 90.7 Å². The molecule has 4 aromatic carbocycles. The van der Waals surface area contributed by atoms with Crippen molar-refractivity contribution in [2.24, 2.45) is 0 Å². The van der Waals surface area contributed by atoms with Crippen LogP contribution in [0.15, 0.2) is 90.7 Å². The molecule has 2 nitrogen and oxygen atoms in total. The highest BCUT2D eigenvalue weighted by Crippen LogP contribution is 2.34. The average molecular weight is 344 g/mol. The molecule has 2 heterocycles. The van der Waals surface area contributed by atoms with Crippen molar-refractivity contribution >= 4 is 43.6 Å². The van der Waals surface area contributed by atoms with Crippen molar-refractivity contribution in [1.82, 2.24) is 9.55 Å². The Morgan fingerprint density at radius 2 is 1.23 bits per heavy atom. The summed E-state index contributed by atoms with van der Waals surface area (Å²) in [6.07, 6.45) is 0. The van der Waals surface area contributed by atoms with E-state index in [1.807, 2.05) is 0 Å². The first kappa shape index (κ1) is 6.65. The van der Waals surface area contributed by atoms with Crippen LogP contribution in [0, 0.1) is 0 Å². The van der Waals surface area contributed by atoms with Crippen LogP contribution in [0.4, 0.5) is 0 Å². The van der Waals surface area contributed by atoms with Gasteiger partial charge in [0.1, 0.15) is 0 Å². The zero-order valence-corrected chi connectivity index (χ0v) is 13.2. The normalized spacial score (nSPS) is 18.3. The van der Waals surface area contributed by atoms with Gasteiger partial charge in [-0.25, -0.2) is 0 Å². The number of nitrogens with one attached hydrogen (secondary N) is 1. The van der Waals surface area contributed by atoms with Crippen LogP contribution < -0.4 is 0 Å². The van der Waals surface area contributed by atoms with Gasteiger partial charge in [-0.1, -0.05) is 54.4 Å². The molecule has 6 aromatic rings. The Kier molecular flexibility index (Phi) is 1.28. The second kappa shape index (κ2) is 4.99. The highest BCUT2D eigenvalue weighted by molar-refractivity contribution is 6.11. The van der Waals surface area contributed by atoms with Gasteiger partial charge in [0.2, 0.25) is 0 Å². The summed E-state index contributed by atoms with van der Waals surface area (Å²) in [6.45, 7) is 0. The van der Waals surface area contributed by atoms with Gasteiger partial charge >= 0.3 is 0 Å². The summed E-state index contributed by atoms with van der Waals surface area (Å²) in [7, 11) is 0. The van der Waals surface area contributed by atoms with Gasteiger partial charge in [-0.3, -0.25) is 0 Å². The van der Waals surface area contributed by atoms with Gasteiger partial charge in [-0.05, 0) is 36.3 Å². The minimum atomic E-state index is -0.531. The molecular weight excluding hydrogens is 316 g/mol. The Hall–Kier alpha value is -3.52. The topological polar surface area (TPSA) is 20.7 Å². The van der Waals surface area contributed by atoms with E-state index in [0.29, 0.717) is 16.6 Å². The first-order chi connectivity index (χ1) is 17.9. The first-order valence-electron chi connectivity index (χ1n) is 13.9. The Bertz CT molecular complexity index is 1980. The third-order valence-electron chi connectivity index (χ3n) is 4.51. The summed E-state index contributed by atoms with van der Waals surface area (Å²) in [6, 6.07) is -0.314. The van der Waals surface area contributed by atoms with Gasteiger partial charge in [0, 0.05) is 38.3 Å². The van der Waals surface area contributed by atoms with E-state index >= 15 is 0 Å². The minimum Gasteiger partial charge on any atom is -0.355 e. The Labute approximate surface area is 167 Å². The van der Waals surface area contributed by atoms with Crippen LogP contribution in [-0.4, -0.2) is 9.55 Å². The number of hydrogen-bond acceptors (Lipinski definition) is 0. The smallest absolute Gasteiger partial charge is 0.0645 e. The van der Waals surface area contributed by atoms with Crippen LogP contribution in [0.25, 0.3) is 49.3 Å². The van der Waals surface area contributed by atoms with Crippen molar-refractivity contribution in [2.45, 2.75) is 0 Å². The van der Waals surface area contributed by atoms with E-state index in [2.05, 4.69) is 4.98 Å². The molecule has 0 fully saturated rings. The van der Waals surface area contributed by atoms with Gasteiger partial charge in [-0.15, -0.1) is 0 Å². The molecule has 0 aliphatic carbocycles. The Balaban J connectivity index is 1.87. The van der Waals surface area contributed by atoms with E-state index < -0.39 is 54.4 Å². The second-order valence-corrected chi connectivity index (χ2v) is 5.89. The highest BCUT2D eigenvalue weighted by atomic mass is 15.0. The highest BCUT2D eigenvalue weighted by Gasteiger charge is 2.12. The van der Waals surface area contributed by atoms with Crippen molar-refractivity contribution in [3.63, 3.8) is 0 Å². The lowest BCUT2D eigenvalue weighted by atomic mass is 10.1. The summed E-state index contributed by atoms with van der Waals surface area (Å²) < 4.78 is 101. The van der Waals surface area contributed by atoms with Crippen molar-refractivity contribution in [1.29, 1.82) is 0 Å². The number of nitrogens with zero attached hydrogens (tertiary/aromatic N) is 1. The molecular formula is C24H16N2. The second-order valence-electron chi connectivity index (χ2n) is 5.89. The van der Waals surface area contributed by atoms with Crippen molar-refractivity contribution < 1.29 is 16.4 Å². The van der Waals surface area contributed by atoms with Crippen LogP contribution in [0.3, 0.4) is 0 Å². The van der Waals surface area contributed by atoms with Crippen molar-refractivity contribution in [2.75, 3.05) is 0 Å². The summed E-state index contributed by atoms with van der Waals surface area (Å²) >= 11 is 0. The third kappa shape index (κ3) is 1.76.